The monoisotopic (exact) mass is 912 g/mol. The highest BCUT2D eigenvalue weighted by Crippen LogP contribution is 2.56. The summed E-state index contributed by atoms with van der Waals surface area (Å²) in [6.45, 7) is 5.15. The summed E-state index contributed by atoms with van der Waals surface area (Å²) < 4.78 is 5.09. The second-order valence-corrected chi connectivity index (χ2v) is 25.0. The molecule has 11 aromatic carbocycles. The zero-order valence-electron chi connectivity index (χ0n) is 38.2. The third kappa shape index (κ3) is 5.25. The van der Waals surface area contributed by atoms with E-state index in [-0.39, 0.29) is 0 Å². The van der Waals surface area contributed by atoms with Crippen molar-refractivity contribution in [2.24, 2.45) is 0 Å². The Morgan fingerprint density at radius 3 is 1.87 bits per heavy atom. The number of nitrogens with zero attached hydrogens (tertiary/aromatic N) is 2. The smallest absolute Gasteiger partial charge is 0.113 e. The van der Waals surface area contributed by atoms with Crippen molar-refractivity contribution in [3.8, 4) is 16.8 Å². The molecule has 0 fully saturated rings. The number of thiophene rings is 1. The summed E-state index contributed by atoms with van der Waals surface area (Å²) in [7, 11) is -2.36. The van der Waals surface area contributed by atoms with E-state index in [1.165, 1.54) is 119 Å². The van der Waals surface area contributed by atoms with Crippen LogP contribution in [0.5, 0.6) is 0 Å². The number of fused-ring (bicyclic) bond motifs is 15. The van der Waals surface area contributed by atoms with E-state index in [4.69, 9.17) is 0 Å². The van der Waals surface area contributed by atoms with E-state index < -0.39 is 13.5 Å². The van der Waals surface area contributed by atoms with Gasteiger partial charge in [-0.1, -0.05) is 189 Å². The fourth-order valence-electron chi connectivity index (χ4n) is 12.9. The lowest BCUT2D eigenvalue weighted by Gasteiger charge is -2.50. The minimum absolute atomic E-state index is 0.503. The first-order valence-electron chi connectivity index (χ1n) is 24.1. The fourth-order valence-corrected chi connectivity index (χ4v) is 17.2. The third-order valence-electron chi connectivity index (χ3n) is 15.8. The van der Waals surface area contributed by atoms with Gasteiger partial charge in [0.25, 0.3) is 0 Å². The van der Waals surface area contributed by atoms with E-state index in [2.05, 4.69) is 253 Å². The average Bonchev–Trinajstić information content (AvgIpc) is 3.94. The molecule has 2 aromatic heterocycles. The van der Waals surface area contributed by atoms with Crippen LogP contribution in [-0.2, 0) is 5.41 Å². The molecule has 1 aliphatic heterocycles. The minimum Gasteiger partial charge on any atom is -0.310 e. The van der Waals surface area contributed by atoms with Crippen LogP contribution in [0.3, 0.4) is 0 Å². The molecule has 0 amide bonds. The molecule has 0 N–H and O–H groups in total. The van der Waals surface area contributed by atoms with Gasteiger partial charge in [-0.3, -0.25) is 0 Å². The van der Waals surface area contributed by atoms with Gasteiger partial charge in [0.2, 0.25) is 0 Å². The van der Waals surface area contributed by atoms with E-state index >= 15 is 0 Å². The maximum atomic E-state index is 2.60. The lowest BCUT2D eigenvalue weighted by molar-refractivity contribution is 0.754. The number of hydrogen-bond donors (Lipinski definition) is 0. The topological polar surface area (TPSA) is 8.17 Å². The number of anilines is 3. The predicted molar refractivity (Wildman–Crippen MR) is 297 cm³/mol. The van der Waals surface area contributed by atoms with Crippen LogP contribution in [-0.4, -0.2) is 12.6 Å². The van der Waals surface area contributed by atoms with Crippen LogP contribution in [0.15, 0.2) is 231 Å². The largest absolute Gasteiger partial charge is 0.310 e. The quantitative estimate of drug-likeness (QED) is 0.160. The van der Waals surface area contributed by atoms with Crippen LogP contribution in [0.4, 0.5) is 17.1 Å². The highest BCUT2D eigenvalue weighted by molar-refractivity contribution is 7.25. The Labute approximate surface area is 405 Å². The Kier molecular flexibility index (Phi) is 8.06. The van der Waals surface area contributed by atoms with Gasteiger partial charge >= 0.3 is 0 Å². The van der Waals surface area contributed by atoms with Gasteiger partial charge in [0, 0.05) is 53.4 Å². The van der Waals surface area contributed by atoms with Gasteiger partial charge in [0.15, 0.2) is 0 Å². The van der Waals surface area contributed by atoms with Crippen LogP contribution in [0.25, 0.3) is 80.3 Å². The molecule has 1 spiro atoms. The Hall–Kier alpha value is -8.02. The van der Waals surface area contributed by atoms with Crippen molar-refractivity contribution in [1.82, 2.24) is 4.57 Å². The van der Waals surface area contributed by atoms with Crippen LogP contribution in [0.1, 0.15) is 22.3 Å². The molecule has 3 heterocycles. The molecule has 2 nitrogen and oxygen atoms in total. The Bertz CT molecular complexity index is 4320. The number of para-hydroxylation sites is 1. The first kappa shape index (κ1) is 39.0. The van der Waals surface area contributed by atoms with Crippen molar-refractivity contribution in [3.05, 3.63) is 253 Å². The Morgan fingerprint density at radius 2 is 0.971 bits per heavy atom. The molecule has 1 unspecified atom stereocenters. The van der Waals surface area contributed by atoms with Crippen molar-refractivity contribution in [2.75, 3.05) is 4.90 Å². The molecule has 0 radical (unpaired) electrons. The van der Waals surface area contributed by atoms with Gasteiger partial charge in [-0.15, -0.1) is 11.3 Å². The normalized spacial score (nSPS) is 15.6. The van der Waals surface area contributed by atoms with Gasteiger partial charge in [-0.05, 0) is 115 Å². The van der Waals surface area contributed by atoms with Gasteiger partial charge in [0.1, 0.15) is 8.07 Å². The molecule has 4 heteroatoms. The molecule has 0 bridgehead atoms. The molecular weight excluding hydrogens is 869 g/mol. The van der Waals surface area contributed by atoms with Crippen LogP contribution in [0, 0.1) is 0 Å². The van der Waals surface area contributed by atoms with Crippen molar-refractivity contribution in [2.45, 2.75) is 18.5 Å². The number of rotatable bonds is 4. The highest BCUT2D eigenvalue weighted by atomic mass is 32.1. The zero-order valence-corrected chi connectivity index (χ0v) is 40.1. The number of hydrogen-bond acceptors (Lipinski definition) is 2. The fraction of sp³-hybridized carbons (Fsp3) is 0.0462. The second kappa shape index (κ2) is 14.3. The minimum atomic E-state index is -2.36. The van der Waals surface area contributed by atoms with E-state index in [0.29, 0.717) is 0 Å². The molecule has 15 rings (SSSR count). The summed E-state index contributed by atoms with van der Waals surface area (Å²) in [5.41, 5.74) is 14.7. The zero-order chi connectivity index (χ0) is 45.6. The SMILES string of the molecule is C[Si]1(C)c2ccccc2C2(c3ccccc3-c3cccc4cccc2c34)c2ccc(N(c3ccc4c(c3)sc3ccccc34)c3ccc4c5ccccc5n(-c5cccc6ccccc56)c4c3)cc21. The van der Waals surface area contributed by atoms with E-state index in [9.17, 15) is 0 Å². The average molecular weight is 913 g/mol. The highest BCUT2D eigenvalue weighted by Gasteiger charge is 2.52. The van der Waals surface area contributed by atoms with E-state index in [0.717, 1.165) is 11.4 Å². The van der Waals surface area contributed by atoms with Crippen molar-refractivity contribution >= 4 is 110 Å². The maximum Gasteiger partial charge on any atom is 0.113 e. The van der Waals surface area contributed by atoms with Crippen LogP contribution >= 0.6 is 11.3 Å². The van der Waals surface area contributed by atoms with E-state index in [1.807, 2.05) is 11.3 Å². The lowest BCUT2D eigenvalue weighted by atomic mass is 9.59. The van der Waals surface area contributed by atoms with E-state index in [1.54, 1.807) is 0 Å². The summed E-state index contributed by atoms with van der Waals surface area (Å²) >= 11 is 1.88. The standard InChI is InChI=1S/C65H44N2SSi/c1-69(2)62-31-12-9-26-54(62)65(53-25-8-5-21-47(53)52-24-13-18-42-19-14-27-56(65)64(42)52)55-37-34-45(40-63(55)69)66(44-33-36-51-50-23-7-11-30-60(50)68-61(51)39-44)43-32-35-49-48-22-6-10-28-58(48)67(59(49)38-43)57-29-15-17-41-16-3-4-20-46(41)57/h3-40H,1-2H3. The molecule has 2 aliphatic rings. The Balaban J connectivity index is 1.03. The molecule has 13 aromatic rings. The van der Waals surface area contributed by atoms with Crippen molar-refractivity contribution in [3.63, 3.8) is 0 Å². The van der Waals surface area contributed by atoms with Gasteiger partial charge < -0.3 is 9.47 Å². The summed E-state index contributed by atoms with van der Waals surface area (Å²) in [5, 5.41) is 13.2. The van der Waals surface area contributed by atoms with Crippen molar-refractivity contribution in [1.29, 1.82) is 0 Å². The molecule has 1 atom stereocenters. The Morgan fingerprint density at radius 1 is 0.391 bits per heavy atom. The molecule has 69 heavy (non-hydrogen) atoms. The van der Waals surface area contributed by atoms with Crippen LogP contribution < -0.4 is 15.3 Å². The van der Waals surface area contributed by atoms with Gasteiger partial charge in [0.05, 0.1) is 22.1 Å². The summed E-state index contributed by atoms with van der Waals surface area (Å²) in [6, 6.07) is 87.6. The first-order valence-corrected chi connectivity index (χ1v) is 27.9. The van der Waals surface area contributed by atoms with Gasteiger partial charge in [-0.25, -0.2) is 0 Å². The molecule has 0 saturated carbocycles. The summed E-state index contributed by atoms with van der Waals surface area (Å²) in [6.07, 6.45) is 0. The second-order valence-electron chi connectivity index (χ2n) is 19.6. The summed E-state index contributed by atoms with van der Waals surface area (Å²) in [5.74, 6) is 0. The van der Waals surface area contributed by atoms with Crippen LogP contribution in [0.2, 0.25) is 13.1 Å². The van der Waals surface area contributed by atoms with Crippen molar-refractivity contribution < 1.29 is 0 Å². The lowest BCUT2D eigenvalue weighted by Crippen LogP contribution is -2.63. The molecular formula is C65H44N2SSi. The molecule has 1 aliphatic carbocycles. The first-order chi connectivity index (χ1) is 34.0. The maximum absolute atomic E-state index is 2.60. The summed E-state index contributed by atoms with van der Waals surface area (Å²) in [4.78, 5) is 2.54. The molecule has 324 valence electrons. The number of aromatic nitrogens is 1. The molecule has 0 saturated heterocycles. The predicted octanol–water partition coefficient (Wildman–Crippen LogP) is 16.4. The van der Waals surface area contributed by atoms with Gasteiger partial charge in [-0.2, -0.15) is 0 Å². The third-order valence-corrected chi connectivity index (χ3v) is 20.5. The number of benzene rings is 11.